The highest BCUT2D eigenvalue weighted by atomic mass is 19.1. The number of amides is 3. The molecule has 2 atom stereocenters. The van der Waals surface area contributed by atoms with Gasteiger partial charge in [0.2, 0.25) is 0 Å². The molecule has 0 aliphatic carbocycles. The minimum absolute atomic E-state index is 0.375. The van der Waals surface area contributed by atoms with Gasteiger partial charge in [-0.3, -0.25) is 10.1 Å². The number of nitrogens with one attached hydrogen (secondary N) is 2. The summed E-state index contributed by atoms with van der Waals surface area (Å²) in [6.07, 6.45) is -1.52. The molecule has 0 spiro atoms. The van der Waals surface area contributed by atoms with Crippen LogP contribution in [-0.4, -0.2) is 18.0 Å². The first-order chi connectivity index (χ1) is 7.18. The highest BCUT2D eigenvalue weighted by Crippen LogP contribution is 2.22. The molecule has 5 heteroatoms. The van der Waals surface area contributed by atoms with E-state index in [1.54, 1.807) is 30.3 Å². The van der Waals surface area contributed by atoms with Gasteiger partial charge in [-0.25, -0.2) is 9.18 Å². The number of carbonyl (C=O) groups excluding carboxylic acids is 2. The third-order valence-corrected chi connectivity index (χ3v) is 2.22. The first-order valence-corrected chi connectivity index (χ1v) is 4.49. The molecule has 3 amide bonds. The number of carbonyl (C=O) groups is 2. The topological polar surface area (TPSA) is 58.2 Å². The molecule has 2 rings (SSSR count). The summed E-state index contributed by atoms with van der Waals surface area (Å²) in [6.45, 7) is 0. The summed E-state index contributed by atoms with van der Waals surface area (Å²) < 4.78 is 13.8. The van der Waals surface area contributed by atoms with Gasteiger partial charge in [-0.15, -0.1) is 0 Å². The van der Waals surface area contributed by atoms with Crippen LogP contribution in [0.15, 0.2) is 30.3 Å². The zero-order valence-electron chi connectivity index (χ0n) is 7.74. The number of hydrogen-bond acceptors (Lipinski definition) is 2. The van der Waals surface area contributed by atoms with Crippen molar-refractivity contribution >= 4 is 11.9 Å². The van der Waals surface area contributed by atoms with E-state index in [9.17, 15) is 14.0 Å². The number of halogens is 1. The fraction of sp³-hybridized carbons (Fsp3) is 0.200. The second-order valence-electron chi connectivity index (χ2n) is 3.25. The molecule has 4 nitrogen and oxygen atoms in total. The summed E-state index contributed by atoms with van der Waals surface area (Å²) in [6, 6.07) is 6.48. The van der Waals surface area contributed by atoms with Crippen molar-refractivity contribution in [1.29, 1.82) is 0 Å². The lowest BCUT2D eigenvalue weighted by Gasteiger charge is -2.12. The second-order valence-corrected chi connectivity index (χ2v) is 3.25. The van der Waals surface area contributed by atoms with E-state index in [1.807, 2.05) is 5.32 Å². The average Bonchev–Trinajstić information content (AvgIpc) is 2.58. The smallest absolute Gasteiger partial charge is 0.322 e. The van der Waals surface area contributed by atoms with Crippen molar-refractivity contribution in [3.05, 3.63) is 35.9 Å². The maximum atomic E-state index is 13.8. The molecule has 1 aromatic carbocycles. The maximum absolute atomic E-state index is 13.8. The molecule has 0 radical (unpaired) electrons. The van der Waals surface area contributed by atoms with Crippen molar-refractivity contribution < 1.29 is 14.0 Å². The van der Waals surface area contributed by atoms with Crippen LogP contribution in [0, 0.1) is 0 Å². The number of imide groups is 1. The van der Waals surface area contributed by atoms with Crippen LogP contribution in [0.1, 0.15) is 11.7 Å². The van der Waals surface area contributed by atoms with Gasteiger partial charge >= 0.3 is 6.03 Å². The highest BCUT2D eigenvalue weighted by Gasteiger charge is 2.37. The Balaban J connectivity index is 2.18. The molecule has 1 heterocycles. The largest absolute Gasteiger partial charge is 0.323 e. The van der Waals surface area contributed by atoms with Gasteiger partial charge in [-0.05, 0) is 5.56 Å². The summed E-state index contributed by atoms with van der Waals surface area (Å²) in [5, 5.41) is 4.22. The Morgan fingerprint density at radius 3 is 2.40 bits per heavy atom. The van der Waals surface area contributed by atoms with Gasteiger partial charge in [-0.1, -0.05) is 30.3 Å². The summed E-state index contributed by atoms with van der Waals surface area (Å²) in [7, 11) is 0. The molecule has 2 N–H and O–H groups in total. The Labute approximate surface area is 85.5 Å². The van der Waals surface area contributed by atoms with Gasteiger partial charge in [0.05, 0.1) is 0 Å². The Kier molecular flexibility index (Phi) is 2.37. The molecule has 1 aliphatic rings. The SMILES string of the molecule is O=C1NC(=O)C(C(F)c2ccccc2)N1. The molecule has 0 bridgehead atoms. The van der Waals surface area contributed by atoms with Crippen LogP contribution in [0.2, 0.25) is 0 Å². The summed E-state index contributed by atoms with van der Waals surface area (Å²) in [4.78, 5) is 22.0. The molecule has 1 fully saturated rings. The van der Waals surface area contributed by atoms with Crippen LogP contribution in [0.4, 0.5) is 9.18 Å². The minimum Gasteiger partial charge on any atom is -0.323 e. The van der Waals surface area contributed by atoms with Crippen molar-refractivity contribution in [2.45, 2.75) is 12.2 Å². The van der Waals surface area contributed by atoms with Crippen LogP contribution in [0.25, 0.3) is 0 Å². The van der Waals surface area contributed by atoms with E-state index in [-0.39, 0.29) is 0 Å². The molecule has 1 aliphatic heterocycles. The molecule has 1 saturated heterocycles. The Hall–Kier alpha value is -1.91. The van der Waals surface area contributed by atoms with E-state index in [1.165, 1.54) is 0 Å². The maximum Gasteiger partial charge on any atom is 0.322 e. The van der Waals surface area contributed by atoms with Crippen LogP contribution in [0.5, 0.6) is 0 Å². The number of urea groups is 1. The molecule has 2 unspecified atom stereocenters. The van der Waals surface area contributed by atoms with Crippen LogP contribution in [0.3, 0.4) is 0 Å². The van der Waals surface area contributed by atoms with Crippen LogP contribution >= 0.6 is 0 Å². The summed E-state index contributed by atoms with van der Waals surface area (Å²) in [5.41, 5.74) is 0.375. The Morgan fingerprint density at radius 2 is 1.87 bits per heavy atom. The zero-order valence-corrected chi connectivity index (χ0v) is 7.74. The van der Waals surface area contributed by atoms with Gasteiger partial charge in [0.25, 0.3) is 5.91 Å². The molecule has 0 saturated carbocycles. The third-order valence-electron chi connectivity index (χ3n) is 2.22. The number of benzene rings is 1. The molecular formula is C10H9FN2O2. The van der Waals surface area contributed by atoms with Gasteiger partial charge in [-0.2, -0.15) is 0 Å². The minimum atomic E-state index is -1.52. The lowest BCUT2D eigenvalue weighted by Crippen LogP contribution is -2.33. The molecule has 1 aromatic rings. The van der Waals surface area contributed by atoms with Crippen molar-refractivity contribution in [2.75, 3.05) is 0 Å². The van der Waals surface area contributed by atoms with Crippen molar-refractivity contribution in [3.8, 4) is 0 Å². The van der Waals surface area contributed by atoms with E-state index in [0.717, 1.165) is 0 Å². The first-order valence-electron chi connectivity index (χ1n) is 4.49. The summed E-state index contributed by atoms with van der Waals surface area (Å²) >= 11 is 0. The predicted octanol–water partition coefficient (Wildman–Crippen LogP) is 0.905. The van der Waals surface area contributed by atoms with Crippen LogP contribution in [-0.2, 0) is 4.79 Å². The molecular weight excluding hydrogens is 199 g/mol. The van der Waals surface area contributed by atoms with E-state index < -0.39 is 24.2 Å². The van der Waals surface area contributed by atoms with Gasteiger partial charge in [0.15, 0.2) is 6.17 Å². The van der Waals surface area contributed by atoms with E-state index in [0.29, 0.717) is 5.56 Å². The highest BCUT2D eigenvalue weighted by molar-refractivity contribution is 6.04. The second kappa shape index (κ2) is 3.68. The van der Waals surface area contributed by atoms with Crippen molar-refractivity contribution in [3.63, 3.8) is 0 Å². The lowest BCUT2D eigenvalue weighted by molar-refractivity contribution is -0.121. The fourth-order valence-electron chi connectivity index (χ4n) is 1.47. The van der Waals surface area contributed by atoms with Crippen molar-refractivity contribution in [2.24, 2.45) is 0 Å². The molecule has 0 aromatic heterocycles. The lowest BCUT2D eigenvalue weighted by atomic mass is 10.0. The predicted molar refractivity (Wildman–Crippen MR) is 50.8 cm³/mol. The number of hydrogen-bond donors (Lipinski definition) is 2. The zero-order chi connectivity index (χ0) is 10.8. The quantitative estimate of drug-likeness (QED) is 0.709. The fourth-order valence-corrected chi connectivity index (χ4v) is 1.47. The average molecular weight is 208 g/mol. The van der Waals surface area contributed by atoms with E-state index in [4.69, 9.17) is 0 Å². The molecule has 78 valence electrons. The van der Waals surface area contributed by atoms with Gasteiger partial charge < -0.3 is 5.32 Å². The van der Waals surface area contributed by atoms with E-state index in [2.05, 4.69) is 5.32 Å². The monoisotopic (exact) mass is 208 g/mol. The normalized spacial score (nSPS) is 22.1. The Morgan fingerprint density at radius 1 is 1.20 bits per heavy atom. The summed E-state index contributed by atoms with van der Waals surface area (Å²) in [5.74, 6) is -0.628. The first kappa shape index (κ1) is 9.64. The standard InChI is InChI=1S/C10H9FN2O2/c11-7(6-4-2-1-3-5-6)8-9(14)13-10(15)12-8/h1-5,7-8H,(H2,12,13,14,15). The molecule has 15 heavy (non-hydrogen) atoms. The number of alkyl halides is 1. The number of rotatable bonds is 2. The Bertz CT molecular complexity index is 394. The third kappa shape index (κ3) is 1.81. The van der Waals surface area contributed by atoms with Gasteiger partial charge in [0, 0.05) is 0 Å². The van der Waals surface area contributed by atoms with Crippen LogP contribution < -0.4 is 10.6 Å². The van der Waals surface area contributed by atoms with Crippen molar-refractivity contribution in [1.82, 2.24) is 10.6 Å². The van der Waals surface area contributed by atoms with E-state index >= 15 is 0 Å². The van der Waals surface area contributed by atoms with Gasteiger partial charge in [0.1, 0.15) is 6.04 Å².